The fourth-order valence-electron chi connectivity index (χ4n) is 1.60. The molecule has 0 bridgehead atoms. The first-order chi connectivity index (χ1) is 8.70. The summed E-state index contributed by atoms with van der Waals surface area (Å²) in [6.45, 7) is 2.93. The van der Waals surface area contributed by atoms with Crippen molar-refractivity contribution in [3.8, 4) is 0 Å². The molecule has 0 heterocycles. The smallest absolute Gasteiger partial charge is 0.382 e. The Labute approximate surface area is 120 Å². The summed E-state index contributed by atoms with van der Waals surface area (Å²) in [5.41, 5.74) is 0.0325. The van der Waals surface area contributed by atoms with E-state index in [0.29, 0.717) is 10.2 Å². The molecule has 108 valence electrons. The van der Waals surface area contributed by atoms with E-state index in [0.717, 1.165) is 25.1 Å². The first-order valence-electron chi connectivity index (χ1n) is 5.98. The Morgan fingerprint density at radius 3 is 2.42 bits per heavy atom. The minimum absolute atomic E-state index is 0.190. The van der Waals surface area contributed by atoms with Crippen LogP contribution in [0.2, 0.25) is 0 Å². The van der Waals surface area contributed by atoms with E-state index in [1.165, 1.54) is 6.07 Å². The van der Waals surface area contributed by atoms with Gasteiger partial charge in [-0.05, 0) is 68.1 Å². The quantitative estimate of drug-likeness (QED) is 0.864. The van der Waals surface area contributed by atoms with E-state index in [9.17, 15) is 13.2 Å². The lowest BCUT2D eigenvalue weighted by molar-refractivity contribution is -0.137. The summed E-state index contributed by atoms with van der Waals surface area (Å²) in [5.74, 6) is 0. The van der Waals surface area contributed by atoms with E-state index in [4.69, 9.17) is 0 Å². The minimum Gasteiger partial charge on any atom is -0.382 e. The van der Waals surface area contributed by atoms with E-state index < -0.39 is 11.7 Å². The molecule has 0 saturated carbocycles. The van der Waals surface area contributed by atoms with Crippen LogP contribution in [0.25, 0.3) is 0 Å². The lowest BCUT2D eigenvalue weighted by atomic mass is 10.1. The molecule has 0 aliphatic carbocycles. The van der Waals surface area contributed by atoms with Gasteiger partial charge in [0.2, 0.25) is 0 Å². The highest BCUT2D eigenvalue weighted by Gasteiger charge is 2.30. The monoisotopic (exact) mass is 338 g/mol. The summed E-state index contributed by atoms with van der Waals surface area (Å²) in [5, 5.41) is 3.20. The molecule has 0 fully saturated rings. The van der Waals surface area contributed by atoms with Gasteiger partial charge in [-0.1, -0.05) is 0 Å². The average molecular weight is 339 g/mol. The molecule has 0 saturated heterocycles. The van der Waals surface area contributed by atoms with Crippen molar-refractivity contribution in [3.05, 3.63) is 28.2 Å². The van der Waals surface area contributed by atoms with Crippen molar-refractivity contribution in [1.82, 2.24) is 4.90 Å². The molecule has 0 spiro atoms. The van der Waals surface area contributed by atoms with Crippen LogP contribution < -0.4 is 5.32 Å². The van der Waals surface area contributed by atoms with E-state index in [2.05, 4.69) is 26.1 Å². The second kappa shape index (κ2) is 6.61. The molecule has 1 unspecified atom stereocenters. The molecule has 1 rings (SSSR count). The van der Waals surface area contributed by atoms with E-state index in [1.807, 2.05) is 21.0 Å². The Bertz CT molecular complexity index is 419. The second-order valence-electron chi connectivity index (χ2n) is 4.83. The van der Waals surface area contributed by atoms with Crippen molar-refractivity contribution >= 4 is 21.6 Å². The van der Waals surface area contributed by atoms with Gasteiger partial charge < -0.3 is 10.2 Å². The molecule has 1 atom stereocenters. The normalized spacial score (nSPS) is 13.7. The molecule has 0 aliphatic rings. The van der Waals surface area contributed by atoms with Crippen LogP contribution in [-0.4, -0.2) is 31.6 Å². The molecule has 1 N–H and O–H groups in total. The fraction of sp³-hybridized carbons (Fsp3) is 0.538. The van der Waals surface area contributed by atoms with Crippen LogP contribution in [0.5, 0.6) is 0 Å². The number of halogens is 4. The van der Waals surface area contributed by atoms with Crippen molar-refractivity contribution in [2.24, 2.45) is 0 Å². The third-order valence-electron chi connectivity index (χ3n) is 2.71. The van der Waals surface area contributed by atoms with Gasteiger partial charge in [0.25, 0.3) is 0 Å². The van der Waals surface area contributed by atoms with Gasteiger partial charge in [-0.3, -0.25) is 0 Å². The van der Waals surface area contributed by atoms with Crippen LogP contribution in [0.1, 0.15) is 18.9 Å². The van der Waals surface area contributed by atoms with Crippen LogP contribution in [0, 0.1) is 0 Å². The lowest BCUT2D eigenvalue weighted by Gasteiger charge is -2.19. The van der Waals surface area contributed by atoms with E-state index >= 15 is 0 Å². The first kappa shape index (κ1) is 16.3. The van der Waals surface area contributed by atoms with Crippen LogP contribution in [0.4, 0.5) is 18.9 Å². The Hall–Kier alpha value is -0.750. The van der Waals surface area contributed by atoms with Crippen molar-refractivity contribution in [2.45, 2.75) is 25.6 Å². The highest BCUT2D eigenvalue weighted by molar-refractivity contribution is 9.10. The molecular formula is C13H18BrF3N2. The summed E-state index contributed by atoms with van der Waals surface area (Å²) in [6, 6.07) is 3.83. The summed E-state index contributed by atoms with van der Waals surface area (Å²) in [7, 11) is 3.97. The van der Waals surface area contributed by atoms with Crippen molar-refractivity contribution < 1.29 is 13.2 Å². The highest BCUT2D eigenvalue weighted by Crippen LogP contribution is 2.34. The van der Waals surface area contributed by atoms with E-state index in [-0.39, 0.29) is 6.04 Å². The van der Waals surface area contributed by atoms with Gasteiger partial charge in [0, 0.05) is 16.2 Å². The molecule has 0 aromatic heterocycles. The van der Waals surface area contributed by atoms with Gasteiger partial charge in [0.15, 0.2) is 0 Å². The number of anilines is 1. The van der Waals surface area contributed by atoms with Crippen molar-refractivity contribution in [2.75, 3.05) is 26.0 Å². The summed E-state index contributed by atoms with van der Waals surface area (Å²) < 4.78 is 38.0. The van der Waals surface area contributed by atoms with Crippen LogP contribution in [0.15, 0.2) is 22.7 Å². The molecule has 6 heteroatoms. The topological polar surface area (TPSA) is 15.3 Å². The average Bonchev–Trinajstić information content (AvgIpc) is 2.27. The maximum Gasteiger partial charge on any atom is 0.416 e. The Morgan fingerprint density at radius 1 is 1.32 bits per heavy atom. The zero-order valence-corrected chi connectivity index (χ0v) is 12.8. The van der Waals surface area contributed by atoms with Gasteiger partial charge >= 0.3 is 6.18 Å². The molecule has 0 radical (unpaired) electrons. The lowest BCUT2D eigenvalue weighted by Crippen LogP contribution is -2.23. The first-order valence-corrected chi connectivity index (χ1v) is 6.77. The van der Waals surface area contributed by atoms with Crippen molar-refractivity contribution in [1.29, 1.82) is 0 Å². The number of hydrogen-bond donors (Lipinski definition) is 1. The SMILES string of the molecule is CC(CCN(C)C)Nc1ccc(C(F)(F)F)cc1Br. The number of nitrogens with zero attached hydrogens (tertiary/aromatic N) is 1. The summed E-state index contributed by atoms with van der Waals surface area (Å²) in [4.78, 5) is 2.07. The zero-order chi connectivity index (χ0) is 14.6. The third kappa shape index (κ3) is 5.40. The third-order valence-corrected chi connectivity index (χ3v) is 3.36. The van der Waals surface area contributed by atoms with Crippen LogP contribution in [-0.2, 0) is 6.18 Å². The zero-order valence-electron chi connectivity index (χ0n) is 11.2. The Balaban J connectivity index is 2.70. The molecule has 0 aliphatic heterocycles. The molecule has 1 aromatic carbocycles. The Morgan fingerprint density at radius 2 is 1.95 bits per heavy atom. The number of alkyl halides is 3. The second-order valence-corrected chi connectivity index (χ2v) is 5.68. The molecule has 0 amide bonds. The maximum atomic E-state index is 12.5. The molecule has 2 nitrogen and oxygen atoms in total. The van der Waals surface area contributed by atoms with Gasteiger partial charge in [-0.15, -0.1) is 0 Å². The van der Waals surface area contributed by atoms with Crippen LogP contribution in [0.3, 0.4) is 0 Å². The molecule has 1 aromatic rings. The van der Waals surface area contributed by atoms with E-state index in [1.54, 1.807) is 0 Å². The summed E-state index contributed by atoms with van der Waals surface area (Å²) in [6.07, 6.45) is -3.39. The predicted molar refractivity (Wildman–Crippen MR) is 75.4 cm³/mol. The number of benzene rings is 1. The maximum absolute atomic E-state index is 12.5. The largest absolute Gasteiger partial charge is 0.416 e. The number of hydrogen-bond acceptors (Lipinski definition) is 2. The van der Waals surface area contributed by atoms with Gasteiger partial charge in [-0.2, -0.15) is 13.2 Å². The van der Waals surface area contributed by atoms with Gasteiger partial charge in [0.05, 0.1) is 5.56 Å². The molecule has 19 heavy (non-hydrogen) atoms. The highest BCUT2D eigenvalue weighted by atomic mass is 79.9. The Kier molecular flexibility index (Phi) is 5.67. The number of rotatable bonds is 5. The van der Waals surface area contributed by atoms with Crippen molar-refractivity contribution in [3.63, 3.8) is 0 Å². The van der Waals surface area contributed by atoms with Gasteiger partial charge in [-0.25, -0.2) is 0 Å². The van der Waals surface area contributed by atoms with Crippen LogP contribution >= 0.6 is 15.9 Å². The summed E-state index contributed by atoms with van der Waals surface area (Å²) >= 11 is 3.18. The fourth-order valence-corrected chi connectivity index (χ4v) is 2.09. The minimum atomic E-state index is -4.31. The molecular weight excluding hydrogens is 321 g/mol. The predicted octanol–water partition coefficient (Wildman–Crippen LogP) is 4.22. The standard InChI is InChI=1S/C13H18BrF3N2/c1-9(6-7-19(2)3)18-12-5-4-10(8-11(12)14)13(15,16)17/h4-5,8-9,18H,6-7H2,1-3H3. The van der Waals surface area contributed by atoms with Gasteiger partial charge in [0.1, 0.15) is 0 Å². The number of nitrogens with one attached hydrogen (secondary N) is 1.